The van der Waals surface area contributed by atoms with Crippen molar-refractivity contribution >= 4 is 12.0 Å². The van der Waals surface area contributed by atoms with Crippen LogP contribution in [-0.4, -0.2) is 66.2 Å². The predicted octanol–water partition coefficient (Wildman–Crippen LogP) is 2.66. The number of carbonyl (C=O) groups is 2. The maximum Gasteiger partial charge on any atom is 0.317 e. The van der Waals surface area contributed by atoms with Gasteiger partial charge in [0, 0.05) is 26.2 Å². The topological polar surface area (TPSA) is 82.1 Å². The Morgan fingerprint density at radius 2 is 1.89 bits per heavy atom. The van der Waals surface area contributed by atoms with Gasteiger partial charge in [0.1, 0.15) is 12.4 Å². The maximum absolute atomic E-state index is 12.4. The number of nitrogens with one attached hydrogen (secondary N) is 1. The fourth-order valence-electron chi connectivity index (χ4n) is 3.52. The molecule has 156 valence electrons. The van der Waals surface area contributed by atoms with Crippen molar-refractivity contribution in [1.29, 1.82) is 0 Å². The number of piperidine rings is 1. The minimum absolute atomic E-state index is 0.188. The molecular formula is C21H33N3O4. The molecule has 1 fully saturated rings. The number of aliphatic carboxylic acids is 1. The number of carboxylic acid groups (broad SMARTS) is 1. The molecule has 28 heavy (non-hydrogen) atoms. The van der Waals surface area contributed by atoms with Crippen LogP contribution in [0.1, 0.15) is 32.8 Å². The van der Waals surface area contributed by atoms with Crippen molar-refractivity contribution in [1.82, 2.24) is 15.1 Å². The number of amides is 2. The highest BCUT2D eigenvalue weighted by Crippen LogP contribution is 2.22. The van der Waals surface area contributed by atoms with Crippen LogP contribution in [0.2, 0.25) is 0 Å². The van der Waals surface area contributed by atoms with E-state index in [1.807, 2.05) is 31.2 Å². The van der Waals surface area contributed by atoms with Crippen molar-refractivity contribution in [3.8, 4) is 5.75 Å². The molecule has 1 aromatic carbocycles. The molecule has 1 aliphatic heterocycles. The summed E-state index contributed by atoms with van der Waals surface area (Å²) in [7, 11) is 0. The number of likely N-dealkylation sites (tertiary alicyclic amines) is 1. The monoisotopic (exact) mass is 391 g/mol. The number of carboxylic acids is 1. The van der Waals surface area contributed by atoms with Gasteiger partial charge >= 0.3 is 12.0 Å². The van der Waals surface area contributed by atoms with Crippen LogP contribution in [0.4, 0.5) is 4.79 Å². The summed E-state index contributed by atoms with van der Waals surface area (Å²) in [6, 6.07) is 7.48. The normalized spacial score (nSPS) is 19.5. The number of benzene rings is 1. The highest BCUT2D eigenvalue weighted by molar-refractivity contribution is 5.76. The van der Waals surface area contributed by atoms with Crippen LogP contribution in [0.25, 0.3) is 0 Å². The zero-order valence-electron chi connectivity index (χ0n) is 17.2. The first-order valence-corrected chi connectivity index (χ1v) is 10.1. The molecule has 0 spiro atoms. The number of nitrogens with zero attached hydrogens (tertiary/aromatic N) is 2. The first-order valence-electron chi connectivity index (χ1n) is 10.1. The van der Waals surface area contributed by atoms with Crippen molar-refractivity contribution in [2.24, 2.45) is 11.8 Å². The highest BCUT2D eigenvalue weighted by Gasteiger charge is 2.31. The van der Waals surface area contributed by atoms with E-state index in [0.717, 1.165) is 30.9 Å². The standard InChI is InChI=1S/C21H33N3O4/c1-4-23(5-2)10-11-28-19-8-6-17(7-9-19)13-22-21(27)24-14-16(3)12-18(15-24)20(25)26/h6-9,16,18H,4-5,10-15H2,1-3H3,(H,22,27)(H,25,26). The summed E-state index contributed by atoms with van der Waals surface area (Å²) in [6.45, 7) is 11.1. The van der Waals surface area contributed by atoms with Gasteiger partial charge in [-0.2, -0.15) is 0 Å². The molecule has 7 nitrogen and oxygen atoms in total. The van der Waals surface area contributed by atoms with Crippen molar-refractivity contribution in [2.75, 3.05) is 39.3 Å². The van der Waals surface area contributed by atoms with Crippen LogP contribution in [0, 0.1) is 11.8 Å². The van der Waals surface area contributed by atoms with E-state index in [4.69, 9.17) is 4.74 Å². The quantitative estimate of drug-likeness (QED) is 0.676. The minimum Gasteiger partial charge on any atom is -0.492 e. The molecule has 0 radical (unpaired) electrons. The molecule has 2 atom stereocenters. The Balaban J connectivity index is 1.77. The molecule has 1 aromatic rings. The average molecular weight is 392 g/mol. The highest BCUT2D eigenvalue weighted by atomic mass is 16.5. The molecule has 0 aromatic heterocycles. The third-order valence-corrected chi connectivity index (χ3v) is 5.23. The van der Waals surface area contributed by atoms with Gasteiger partial charge in [0.2, 0.25) is 0 Å². The van der Waals surface area contributed by atoms with Crippen LogP contribution in [0.15, 0.2) is 24.3 Å². The number of carbonyl (C=O) groups excluding carboxylic acids is 1. The number of likely N-dealkylation sites (N-methyl/N-ethyl adjacent to an activating group) is 1. The lowest BCUT2D eigenvalue weighted by Crippen LogP contribution is -2.49. The molecule has 7 heteroatoms. The van der Waals surface area contributed by atoms with Gasteiger partial charge in [-0.25, -0.2) is 4.79 Å². The molecule has 0 bridgehead atoms. The van der Waals surface area contributed by atoms with Crippen LogP contribution >= 0.6 is 0 Å². The smallest absolute Gasteiger partial charge is 0.317 e. The zero-order chi connectivity index (χ0) is 20.5. The number of hydrogen-bond donors (Lipinski definition) is 2. The Labute approximate surface area is 167 Å². The Morgan fingerprint density at radius 3 is 2.50 bits per heavy atom. The number of hydrogen-bond acceptors (Lipinski definition) is 4. The van der Waals surface area contributed by atoms with Crippen molar-refractivity contribution in [2.45, 2.75) is 33.7 Å². The number of ether oxygens (including phenoxy) is 1. The lowest BCUT2D eigenvalue weighted by atomic mass is 9.91. The van der Waals surface area contributed by atoms with Gasteiger partial charge in [0.15, 0.2) is 0 Å². The molecule has 1 saturated heterocycles. The molecule has 1 aliphatic rings. The fraction of sp³-hybridized carbons (Fsp3) is 0.619. The number of rotatable bonds is 9. The first kappa shape index (κ1) is 22.0. The summed E-state index contributed by atoms with van der Waals surface area (Å²) in [4.78, 5) is 27.6. The van der Waals surface area contributed by atoms with Crippen LogP contribution in [-0.2, 0) is 11.3 Å². The Kier molecular flexibility index (Phi) is 8.57. The fourth-order valence-corrected chi connectivity index (χ4v) is 3.52. The molecule has 1 heterocycles. The van der Waals surface area contributed by atoms with E-state index in [9.17, 15) is 14.7 Å². The van der Waals surface area contributed by atoms with E-state index in [-0.39, 0.29) is 18.5 Å². The predicted molar refractivity (Wildman–Crippen MR) is 108 cm³/mol. The summed E-state index contributed by atoms with van der Waals surface area (Å²) in [5.41, 5.74) is 0.976. The maximum atomic E-state index is 12.4. The molecular weight excluding hydrogens is 358 g/mol. The first-order chi connectivity index (χ1) is 13.4. The Morgan fingerprint density at radius 1 is 1.21 bits per heavy atom. The van der Waals surface area contributed by atoms with E-state index in [0.29, 0.717) is 26.1 Å². The van der Waals surface area contributed by atoms with E-state index >= 15 is 0 Å². The molecule has 2 unspecified atom stereocenters. The van der Waals surface area contributed by atoms with Crippen molar-refractivity contribution < 1.29 is 19.4 Å². The van der Waals surface area contributed by atoms with Gasteiger partial charge in [-0.05, 0) is 43.1 Å². The molecule has 2 rings (SSSR count). The van der Waals surface area contributed by atoms with Crippen LogP contribution < -0.4 is 10.1 Å². The summed E-state index contributed by atoms with van der Waals surface area (Å²) in [5, 5.41) is 12.1. The molecule has 0 aliphatic carbocycles. The van der Waals surface area contributed by atoms with Gasteiger partial charge in [-0.3, -0.25) is 4.79 Å². The second-order valence-corrected chi connectivity index (χ2v) is 7.46. The van der Waals surface area contributed by atoms with Gasteiger partial charge in [0.05, 0.1) is 5.92 Å². The lowest BCUT2D eigenvalue weighted by molar-refractivity contribution is -0.143. The van der Waals surface area contributed by atoms with Gasteiger partial charge < -0.3 is 25.0 Å². The van der Waals surface area contributed by atoms with Crippen molar-refractivity contribution in [3.05, 3.63) is 29.8 Å². The second-order valence-electron chi connectivity index (χ2n) is 7.46. The largest absolute Gasteiger partial charge is 0.492 e. The zero-order valence-corrected chi connectivity index (χ0v) is 17.2. The third-order valence-electron chi connectivity index (χ3n) is 5.23. The summed E-state index contributed by atoms with van der Waals surface area (Å²) < 4.78 is 5.77. The van der Waals surface area contributed by atoms with Gasteiger partial charge in [0.25, 0.3) is 0 Å². The Bertz CT molecular complexity index is 631. The van der Waals surface area contributed by atoms with E-state index in [1.165, 1.54) is 0 Å². The van der Waals surface area contributed by atoms with Crippen LogP contribution in [0.3, 0.4) is 0 Å². The molecule has 0 saturated carbocycles. The summed E-state index contributed by atoms with van der Waals surface area (Å²) in [6.07, 6.45) is 0.620. The Hall–Kier alpha value is -2.28. The lowest BCUT2D eigenvalue weighted by Gasteiger charge is -2.34. The average Bonchev–Trinajstić information content (AvgIpc) is 2.69. The molecule has 2 N–H and O–H groups in total. The SMILES string of the molecule is CCN(CC)CCOc1ccc(CNC(=O)N2CC(C)CC(C(=O)O)C2)cc1. The molecule has 2 amide bonds. The van der Waals surface area contributed by atoms with Crippen molar-refractivity contribution in [3.63, 3.8) is 0 Å². The number of urea groups is 1. The third kappa shape index (κ3) is 6.71. The summed E-state index contributed by atoms with van der Waals surface area (Å²) in [5.74, 6) is -0.312. The summed E-state index contributed by atoms with van der Waals surface area (Å²) >= 11 is 0. The van der Waals surface area contributed by atoms with Gasteiger partial charge in [-0.1, -0.05) is 32.9 Å². The van der Waals surface area contributed by atoms with E-state index in [2.05, 4.69) is 24.1 Å². The van der Waals surface area contributed by atoms with Crippen LogP contribution in [0.5, 0.6) is 5.75 Å². The second kappa shape index (κ2) is 10.9. The minimum atomic E-state index is -0.832. The van der Waals surface area contributed by atoms with E-state index in [1.54, 1.807) is 4.90 Å². The van der Waals surface area contributed by atoms with Gasteiger partial charge in [-0.15, -0.1) is 0 Å². The van der Waals surface area contributed by atoms with E-state index < -0.39 is 11.9 Å².